The molecule has 0 unspecified atom stereocenters. The van der Waals surface area contributed by atoms with Crippen molar-refractivity contribution >= 4 is 37.3 Å². The second-order valence-corrected chi connectivity index (χ2v) is 5.35. The second-order valence-electron chi connectivity index (χ2n) is 4.26. The van der Waals surface area contributed by atoms with Gasteiger partial charge in [0.2, 0.25) is 0 Å². The van der Waals surface area contributed by atoms with Gasteiger partial charge in [-0.1, -0.05) is 24.3 Å². The van der Waals surface area contributed by atoms with E-state index in [0.717, 1.165) is 15.8 Å². The lowest BCUT2D eigenvalue weighted by molar-refractivity contribution is 1.08. The number of benzene rings is 2. The van der Waals surface area contributed by atoms with Crippen LogP contribution in [-0.2, 0) is 6.54 Å². The first kappa shape index (κ1) is 11.2. The normalized spacial score (nSPS) is 11.2. The van der Waals surface area contributed by atoms with Gasteiger partial charge in [-0.25, -0.2) is 0 Å². The monoisotopic (exact) mass is 255 g/mol. The summed E-state index contributed by atoms with van der Waals surface area (Å²) in [5.41, 5.74) is 13.1. The summed E-state index contributed by atoms with van der Waals surface area (Å²) < 4.78 is 2.39. The number of hydrogen-bond donors (Lipinski definition) is 3. The average Bonchev–Trinajstić information content (AvgIpc) is 2.74. The Hall–Kier alpha value is -1.91. The molecule has 3 rings (SSSR count). The number of hydrogen-bond acceptors (Lipinski definition) is 3. The van der Waals surface area contributed by atoms with Gasteiger partial charge in [0.1, 0.15) is 5.84 Å². The standard InChI is InChI=1S/C14H13N3S/c15-7-8-1-3-10-11-4-2-9(14(16)17)6-13(11)18-12(10)5-8/h1-6H,7,15H2,(H3,16,17). The number of nitrogens with one attached hydrogen (secondary N) is 1. The maximum Gasteiger partial charge on any atom is 0.122 e. The van der Waals surface area contributed by atoms with E-state index in [0.29, 0.717) is 6.54 Å². The van der Waals surface area contributed by atoms with Crippen LogP contribution < -0.4 is 11.5 Å². The van der Waals surface area contributed by atoms with Crippen molar-refractivity contribution in [2.45, 2.75) is 6.54 Å². The lowest BCUT2D eigenvalue weighted by atomic mass is 10.1. The van der Waals surface area contributed by atoms with Crippen LogP contribution in [0.3, 0.4) is 0 Å². The number of nitrogens with two attached hydrogens (primary N) is 2. The van der Waals surface area contributed by atoms with Gasteiger partial charge >= 0.3 is 0 Å². The zero-order chi connectivity index (χ0) is 12.7. The summed E-state index contributed by atoms with van der Waals surface area (Å²) in [6, 6.07) is 12.2. The van der Waals surface area contributed by atoms with Gasteiger partial charge < -0.3 is 11.5 Å². The van der Waals surface area contributed by atoms with Gasteiger partial charge in [0.25, 0.3) is 0 Å². The van der Waals surface area contributed by atoms with Crippen molar-refractivity contribution in [2.75, 3.05) is 0 Å². The number of rotatable bonds is 2. The first-order valence-corrected chi connectivity index (χ1v) is 6.50. The molecule has 0 aliphatic rings. The third kappa shape index (κ3) is 1.66. The molecular formula is C14H13N3S. The fraction of sp³-hybridized carbons (Fsp3) is 0.0714. The van der Waals surface area contributed by atoms with Gasteiger partial charge in [-0.15, -0.1) is 11.3 Å². The van der Waals surface area contributed by atoms with Crippen LogP contribution >= 0.6 is 11.3 Å². The highest BCUT2D eigenvalue weighted by Crippen LogP contribution is 2.34. The predicted octanol–water partition coefficient (Wildman–Crippen LogP) is 2.80. The smallest absolute Gasteiger partial charge is 0.122 e. The molecule has 90 valence electrons. The van der Waals surface area contributed by atoms with Crippen molar-refractivity contribution in [3.8, 4) is 0 Å². The van der Waals surface area contributed by atoms with Gasteiger partial charge in [-0.05, 0) is 17.7 Å². The molecule has 0 radical (unpaired) electrons. The quantitative estimate of drug-likeness (QED) is 0.486. The lowest BCUT2D eigenvalue weighted by Gasteiger charge is -1.98. The van der Waals surface area contributed by atoms with E-state index in [9.17, 15) is 0 Å². The minimum absolute atomic E-state index is 0.108. The molecule has 0 atom stereocenters. The maximum atomic E-state index is 7.47. The van der Waals surface area contributed by atoms with Crippen molar-refractivity contribution in [1.29, 1.82) is 5.41 Å². The topological polar surface area (TPSA) is 75.9 Å². The minimum Gasteiger partial charge on any atom is -0.384 e. The zero-order valence-corrected chi connectivity index (χ0v) is 10.6. The van der Waals surface area contributed by atoms with E-state index >= 15 is 0 Å². The van der Waals surface area contributed by atoms with Gasteiger partial charge in [-0.2, -0.15) is 0 Å². The van der Waals surface area contributed by atoms with Gasteiger partial charge in [0, 0.05) is 32.3 Å². The fourth-order valence-electron chi connectivity index (χ4n) is 2.12. The Kier molecular flexibility index (Phi) is 2.54. The van der Waals surface area contributed by atoms with Crippen LogP contribution in [0.15, 0.2) is 36.4 Å². The summed E-state index contributed by atoms with van der Waals surface area (Å²) in [6.45, 7) is 0.558. The van der Waals surface area contributed by atoms with E-state index in [1.807, 2.05) is 18.2 Å². The van der Waals surface area contributed by atoms with Crippen LogP contribution in [0.4, 0.5) is 0 Å². The van der Waals surface area contributed by atoms with E-state index in [1.54, 1.807) is 11.3 Å². The number of nitrogen functional groups attached to an aromatic ring is 1. The summed E-state index contributed by atoms with van der Waals surface area (Å²) in [5.74, 6) is 0.108. The molecule has 0 saturated heterocycles. The summed E-state index contributed by atoms with van der Waals surface area (Å²) in [6.07, 6.45) is 0. The molecule has 0 spiro atoms. The van der Waals surface area contributed by atoms with Crippen molar-refractivity contribution in [2.24, 2.45) is 11.5 Å². The molecule has 3 aromatic rings. The van der Waals surface area contributed by atoms with Crippen molar-refractivity contribution in [3.05, 3.63) is 47.5 Å². The molecule has 0 amide bonds. The van der Waals surface area contributed by atoms with Gasteiger partial charge in [-0.3, -0.25) is 5.41 Å². The van der Waals surface area contributed by atoms with E-state index in [4.69, 9.17) is 16.9 Å². The largest absolute Gasteiger partial charge is 0.384 e. The number of thiophene rings is 1. The minimum atomic E-state index is 0.108. The molecular weight excluding hydrogens is 242 g/mol. The molecule has 0 bridgehead atoms. The summed E-state index contributed by atoms with van der Waals surface area (Å²) >= 11 is 1.71. The van der Waals surface area contributed by atoms with Crippen LogP contribution in [0.25, 0.3) is 20.2 Å². The molecule has 1 heterocycles. The molecule has 5 N–H and O–H groups in total. The second kappa shape index (κ2) is 4.08. The molecule has 18 heavy (non-hydrogen) atoms. The Labute approximate surface area is 109 Å². The molecule has 3 nitrogen and oxygen atoms in total. The summed E-state index contributed by atoms with van der Waals surface area (Å²) in [7, 11) is 0. The van der Waals surface area contributed by atoms with Gasteiger partial charge in [0.15, 0.2) is 0 Å². The highest BCUT2D eigenvalue weighted by Gasteiger charge is 2.07. The Balaban J connectivity index is 2.31. The third-order valence-corrected chi connectivity index (χ3v) is 4.20. The highest BCUT2D eigenvalue weighted by atomic mass is 32.1. The van der Waals surface area contributed by atoms with Crippen molar-refractivity contribution in [1.82, 2.24) is 0 Å². The van der Waals surface area contributed by atoms with Crippen LogP contribution in [0.1, 0.15) is 11.1 Å². The van der Waals surface area contributed by atoms with E-state index in [1.165, 1.54) is 15.5 Å². The van der Waals surface area contributed by atoms with E-state index < -0.39 is 0 Å². The molecule has 0 aliphatic carbocycles. The van der Waals surface area contributed by atoms with E-state index in [-0.39, 0.29) is 5.84 Å². The molecule has 0 fully saturated rings. The Bertz CT molecular complexity index is 758. The van der Waals surface area contributed by atoms with Gasteiger partial charge in [0.05, 0.1) is 0 Å². The van der Waals surface area contributed by atoms with Crippen LogP contribution in [-0.4, -0.2) is 5.84 Å². The number of fused-ring (bicyclic) bond motifs is 3. The van der Waals surface area contributed by atoms with E-state index in [2.05, 4.69) is 18.2 Å². The summed E-state index contributed by atoms with van der Waals surface area (Å²) in [4.78, 5) is 0. The molecule has 2 aromatic carbocycles. The lowest BCUT2D eigenvalue weighted by Crippen LogP contribution is -2.10. The SMILES string of the molecule is N=C(N)c1ccc2c(c1)sc1cc(CN)ccc12. The third-order valence-electron chi connectivity index (χ3n) is 3.08. The maximum absolute atomic E-state index is 7.47. The van der Waals surface area contributed by atoms with Crippen LogP contribution in [0.5, 0.6) is 0 Å². The predicted molar refractivity (Wildman–Crippen MR) is 78.2 cm³/mol. The van der Waals surface area contributed by atoms with Crippen molar-refractivity contribution < 1.29 is 0 Å². The first-order chi connectivity index (χ1) is 8.69. The Morgan fingerprint density at radius 2 is 1.72 bits per heavy atom. The molecule has 0 aliphatic heterocycles. The Morgan fingerprint density at radius 1 is 1.06 bits per heavy atom. The van der Waals surface area contributed by atoms with Crippen LogP contribution in [0, 0.1) is 5.41 Å². The first-order valence-electron chi connectivity index (χ1n) is 5.68. The average molecular weight is 255 g/mol. The number of amidine groups is 1. The van der Waals surface area contributed by atoms with Crippen LogP contribution in [0.2, 0.25) is 0 Å². The Morgan fingerprint density at radius 3 is 2.39 bits per heavy atom. The highest BCUT2D eigenvalue weighted by molar-refractivity contribution is 7.25. The van der Waals surface area contributed by atoms with Crippen molar-refractivity contribution in [3.63, 3.8) is 0 Å². The fourth-order valence-corrected chi connectivity index (χ4v) is 3.32. The zero-order valence-electron chi connectivity index (χ0n) is 9.73. The molecule has 0 saturated carbocycles. The molecule has 4 heteroatoms. The molecule has 1 aromatic heterocycles. The summed E-state index contributed by atoms with van der Waals surface area (Å²) in [5, 5.41) is 9.92.